The van der Waals surface area contributed by atoms with Crippen molar-refractivity contribution in [1.82, 2.24) is 0 Å². The average molecular weight is 379 g/mol. The van der Waals surface area contributed by atoms with Gasteiger partial charge in [0.05, 0.1) is 0 Å². The Kier molecular flexibility index (Phi) is 5.28. The molecule has 0 radical (unpaired) electrons. The van der Waals surface area contributed by atoms with E-state index in [1.807, 2.05) is 0 Å². The maximum Gasteiger partial charge on any atom is 0.0149 e. The van der Waals surface area contributed by atoms with Gasteiger partial charge in [-0.1, -0.05) is 98.8 Å². The Balaban J connectivity index is 1.72. The van der Waals surface area contributed by atoms with Gasteiger partial charge in [-0.2, -0.15) is 0 Å². The van der Waals surface area contributed by atoms with Crippen LogP contribution in [0.5, 0.6) is 0 Å². The highest BCUT2D eigenvalue weighted by Gasteiger charge is 2.24. The Bertz CT molecular complexity index is 1080. The second kappa shape index (κ2) is 7.87. The number of hydrogen-bond acceptors (Lipinski definition) is 0. The zero-order chi connectivity index (χ0) is 20.4. The lowest BCUT2D eigenvalue weighted by Crippen LogP contribution is -2.20. The molecule has 1 aliphatic rings. The molecule has 1 aliphatic carbocycles. The van der Waals surface area contributed by atoms with Gasteiger partial charge in [-0.25, -0.2) is 0 Å². The Morgan fingerprint density at radius 3 is 1.97 bits per heavy atom. The SMILES string of the molecule is CC1=CCCC=C1c1ccccc1-c1ccc(C(C)(C)c2ccccc2C)cc1. The van der Waals surface area contributed by atoms with Gasteiger partial charge >= 0.3 is 0 Å². The normalized spacial score (nSPS) is 14.3. The van der Waals surface area contributed by atoms with Crippen LogP contribution in [0.2, 0.25) is 0 Å². The van der Waals surface area contributed by atoms with Crippen LogP contribution >= 0.6 is 0 Å². The highest BCUT2D eigenvalue weighted by atomic mass is 14.3. The van der Waals surface area contributed by atoms with Gasteiger partial charge in [0.25, 0.3) is 0 Å². The molecule has 0 heteroatoms. The monoisotopic (exact) mass is 378 g/mol. The number of aryl methyl sites for hydroxylation is 1. The lowest BCUT2D eigenvalue weighted by Gasteiger charge is -2.28. The van der Waals surface area contributed by atoms with E-state index in [1.54, 1.807) is 0 Å². The summed E-state index contributed by atoms with van der Waals surface area (Å²) in [5.41, 5.74) is 10.8. The van der Waals surface area contributed by atoms with Crippen molar-refractivity contribution < 1.29 is 0 Å². The minimum absolute atomic E-state index is 0.0192. The predicted molar refractivity (Wildman–Crippen MR) is 126 cm³/mol. The van der Waals surface area contributed by atoms with Gasteiger partial charge in [0.15, 0.2) is 0 Å². The van der Waals surface area contributed by atoms with Crippen molar-refractivity contribution in [3.8, 4) is 11.1 Å². The van der Waals surface area contributed by atoms with Crippen molar-refractivity contribution in [1.29, 1.82) is 0 Å². The smallest absolute Gasteiger partial charge is 0.0149 e. The first kappa shape index (κ1) is 19.5. The molecule has 0 N–H and O–H groups in total. The molecule has 0 fully saturated rings. The molecule has 0 saturated heterocycles. The highest BCUT2D eigenvalue weighted by Crippen LogP contribution is 2.37. The maximum atomic E-state index is 2.39. The summed E-state index contributed by atoms with van der Waals surface area (Å²) < 4.78 is 0. The molecular weight excluding hydrogens is 348 g/mol. The van der Waals surface area contributed by atoms with E-state index in [2.05, 4.69) is 113 Å². The van der Waals surface area contributed by atoms with Crippen LogP contribution in [0, 0.1) is 6.92 Å². The molecule has 0 heterocycles. The fourth-order valence-electron chi connectivity index (χ4n) is 4.59. The second-order valence-electron chi connectivity index (χ2n) is 8.65. The lowest BCUT2D eigenvalue weighted by atomic mass is 9.76. The molecule has 0 unspecified atom stereocenters. The molecule has 3 aromatic rings. The average Bonchev–Trinajstić information content (AvgIpc) is 2.74. The lowest BCUT2D eigenvalue weighted by molar-refractivity contribution is 0.636. The maximum absolute atomic E-state index is 2.39. The van der Waals surface area contributed by atoms with E-state index >= 15 is 0 Å². The van der Waals surface area contributed by atoms with Crippen molar-refractivity contribution in [3.05, 3.63) is 113 Å². The van der Waals surface area contributed by atoms with Crippen molar-refractivity contribution in [2.75, 3.05) is 0 Å². The summed E-state index contributed by atoms with van der Waals surface area (Å²) in [6.07, 6.45) is 7.04. The quantitative estimate of drug-likeness (QED) is 0.430. The Morgan fingerprint density at radius 2 is 1.28 bits per heavy atom. The number of hydrogen-bond donors (Lipinski definition) is 0. The topological polar surface area (TPSA) is 0 Å². The van der Waals surface area contributed by atoms with Crippen LogP contribution in [0.1, 0.15) is 55.9 Å². The van der Waals surface area contributed by atoms with Crippen LogP contribution in [-0.4, -0.2) is 0 Å². The van der Waals surface area contributed by atoms with E-state index in [-0.39, 0.29) is 5.41 Å². The van der Waals surface area contributed by atoms with Gasteiger partial charge < -0.3 is 0 Å². The van der Waals surface area contributed by atoms with Crippen molar-refractivity contribution >= 4 is 5.57 Å². The Labute approximate surface area is 175 Å². The fraction of sp³-hybridized carbons (Fsp3) is 0.241. The standard InChI is InChI=1S/C29H30/c1-21-11-5-7-13-25(21)27-15-9-8-14-26(27)23-17-19-24(20-18-23)29(3,4)28-16-10-6-12-22(28)2/h6,8-20H,5,7H2,1-4H3. The van der Waals surface area contributed by atoms with E-state index in [9.17, 15) is 0 Å². The van der Waals surface area contributed by atoms with E-state index in [4.69, 9.17) is 0 Å². The molecule has 0 atom stereocenters. The second-order valence-corrected chi connectivity index (χ2v) is 8.65. The first-order valence-corrected chi connectivity index (χ1v) is 10.6. The van der Waals surface area contributed by atoms with Crippen LogP contribution in [0.4, 0.5) is 0 Å². The first-order valence-electron chi connectivity index (χ1n) is 10.6. The number of rotatable bonds is 4. The molecule has 0 nitrogen and oxygen atoms in total. The molecule has 0 aliphatic heterocycles. The van der Waals surface area contributed by atoms with Crippen molar-refractivity contribution in [3.63, 3.8) is 0 Å². The minimum Gasteiger partial charge on any atom is -0.0807 e. The van der Waals surface area contributed by atoms with Crippen LogP contribution in [0.3, 0.4) is 0 Å². The summed E-state index contributed by atoms with van der Waals surface area (Å²) in [5, 5.41) is 0. The zero-order valence-electron chi connectivity index (χ0n) is 18.0. The third kappa shape index (κ3) is 3.72. The molecule has 3 aromatic carbocycles. The molecule has 29 heavy (non-hydrogen) atoms. The van der Waals surface area contributed by atoms with Gasteiger partial charge in [-0.15, -0.1) is 0 Å². The van der Waals surface area contributed by atoms with E-state index in [1.165, 1.54) is 44.5 Å². The third-order valence-electron chi connectivity index (χ3n) is 6.34. The van der Waals surface area contributed by atoms with E-state index in [0.29, 0.717) is 0 Å². The van der Waals surface area contributed by atoms with Gasteiger partial charge in [0.1, 0.15) is 0 Å². The van der Waals surface area contributed by atoms with Crippen molar-refractivity contribution in [2.24, 2.45) is 0 Å². The summed E-state index contributed by atoms with van der Waals surface area (Å²) in [5.74, 6) is 0. The number of allylic oxidation sites excluding steroid dienone is 4. The molecule has 0 aromatic heterocycles. The molecule has 0 amide bonds. The Morgan fingerprint density at radius 1 is 0.655 bits per heavy atom. The van der Waals surface area contributed by atoms with Crippen LogP contribution in [0.15, 0.2) is 90.5 Å². The molecular formula is C29H30. The van der Waals surface area contributed by atoms with Gasteiger partial charge in [0, 0.05) is 5.41 Å². The van der Waals surface area contributed by atoms with Gasteiger partial charge in [-0.3, -0.25) is 0 Å². The summed E-state index contributed by atoms with van der Waals surface area (Å²) in [7, 11) is 0. The van der Waals surface area contributed by atoms with Crippen LogP contribution in [0.25, 0.3) is 16.7 Å². The first-order chi connectivity index (χ1) is 14.0. The van der Waals surface area contributed by atoms with Gasteiger partial charge in [0.2, 0.25) is 0 Å². The summed E-state index contributed by atoms with van der Waals surface area (Å²) in [4.78, 5) is 0. The number of benzene rings is 3. The molecule has 0 saturated carbocycles. The van der Waals surface area contributed by atoms with E-state index in [0.717, 1.165) is 12.8 Å². The van der Waals surface area contributed by atoms with Crippen LogP contribution in [-0.2, 0) is 5.41 Å². The van der Waals surface area contributed by atoms with Gasteiger partial charge in [-0.05, 0) is 71.2 Å². The zero-order valence-corrected chi connectivity index (χ0v) is 18.0. The molecule has 0 spiro atoms. The molecule has 0 bridgehead atoms. The predicted octanol–water partition coefficient (Wildman–Crippen LogP) is 8.11. The highest BCUT2D eigenvalue weighted by molar-refractivity contribution is 5.88. The van der Waals surface area contributed by atoms with Crippen LogP contribution < -0.4 is 0 Å². The fourth-order valence-corrected chi connectivity index (χ4v) is 4.59. The minimum atomic E-state index is -0.0192. The summed E-state index contributed by atoms with van der Waals surface area (Å²) >= 11 is 0. The largest absolute Gasteiger partial charge is 0.0807 e. The third-order valence-corrected chi connectivity index (χ3v) is 6.34. The summed E-state index contributed by atoms with van der Waals surface area (Å²) in [6, 6.07) is 26.7. The summed E-state index contributed by atoms with van der Waals surface area (Å²) in [6.45, 7) is 9.07. The molecule has 4 rings (SSSR count). The van der Waals surface area contributed by atoms with Crippen molar-refractivity contribution in [2.45, 2.75) is 46.0 Å². The molecule has 146 valence electrons. The van der Waals surface area contributed by atoms with E-state index < -0.39 is 0 Å². The Hall–Kier alpha value is -2.86.